The molecule has 0 aromatic heterocycles. The third-order valence-corrected chi connectivity index (χ3v) is 5.55. The average Bonchev–Trinajstić information content (AvgIpc) is 2.69. The maximum absolute atomic E-state index is 11.8. The Labute approximate surface area is 164 Å². The van der Waals surface area contributed by atoms with Crippen LogP contribution in [0.1, 0.15) is 76.7 Å². The number of carbonyl (C=O) groups is 1. The van der Waals surface area contributed by atoms with Crippen LogP contribution in [0.2, 0.25) is 0 Å². The largest absolute Gasteiger partial charge is 0.493 e. The molecule has 0 radical (unpaired) electrons. The zero-order valence-electron chi connectivity index (χ0n) is 17.3. The molecule has 27 heavy (non-hydrogen) atoms. The highest BCUT2D eigenvalue weighted by molar-refractivity contribution is 5.78. The van der Waals surface area contributed by atoms with Crippen molar-refractivity contribution >= 4 is 5.97 Å². The Hall–Kier alpha value is -1.71. The summed E-state index contributed by atoms with van der Waals surface area (Å²) in [5, 5.41) is 0. The van der Waals surface area contributed by atoms with E-state index in [2.05, 4.69) is 13.0 Å². The number of esters is 1. The predicted octanol–water partition coefficient (Wildman–Crippen LogP) is 5.71. The Morgan fingerprint density at radius 1 is 0.889 bits per heavy atom. The molecule has 1 aliphatic heterocycles. The van der Waals surface area contributed by atoms with E-state index < -0.39 is 0 Å². The average molecular weight is 377 g/mol. The molecule has 1 aromatic rings. The number of cyclic esters (lactones) is 1. The predicted molar refractivity (Wildman–Crippen MR) is 108 cm³/mol. The molecule has 1 aliphatic rings. The molecule has 2 rings (SSSR count). The number of aryl methyl sites for hydroxylation is 1. The molecular formula is C23H36O4. The second-order valence-electron chi connectivity index (χ2n) is 7.57. The molecule has 2 atom stereocenters. The molecular weight excluding hydrogens is 340 g/mol. The first-order valence-corrected chi connectivity index (χ1v) is 10.6. The summed E-state index contributed by atoms with van der Waals surface area (Å²) in [5.41, 5.74) is 1.18. The summed E-state index contributed by atoms with van der Waals surface area (Å²) in [6.45, 7) is 2.25. The van der Waals surface area contributed by atoms with Gasteiger partial charge >= 0.3 is 5.97 Å². The van der Waals surface area contributed by atoms with Crippen LogP contribution in [0.4, 0.5) is 0 Å². The van der Waals surface area contributed by atoms with Gasteiger partial charge in [0.2, 0.25) is 0 Å². The lowest BCUT2D eigenvalue weighted by Crippen LogP contribution is -2.45. The highest BCUT2D eigenvalue weighted by atomic mass is 16.6. The normalized spacial score (nSPS) is 18.7. The first-order valence-electron chi connectivity index (χ1n) is 10.6. The number of unbranched alkanes of at least 4 members (excludes halogenated alkanes) is 7. The van der Waals surface area contributed by atoms with Crippen LogP contribution in [-0.2, 0) is 16.0 Å². The maximum Gasteiger partial charge on any atom is 0.313 e. The van der Waals surface area contributed by atoms with Crippen molar-refractivity contribution in [3.8, 4) is 11.5 Å². The molecule has 1 aromatic carbocycles. The van der Waals surface area contributed by atoms with Gasteiger partial charge in [-0.2, -0.15) is 0 Å². The van der Waals surface area contributed by atoms with Gasteiger partial charge in [-0.25, -0.2) is 0 Å². The third-order valence-electron chi connectivity index (χ3n) is 5.55. The van der Waals surface area contributed by atoms with E-state index in [0.29, 0.717) is 0 Å². The Kier molecular flexibility index (Phi) is 9.51. The number of methoxy groups -OCH3 is 2. The van der Waals surface area contributed by atoms with Crippen molar-refractivity contribution in [3.63, 3.8) is 0 Å². The highest BCUT2D eigenvalue weighted by Gasteiger charge is 2.41. The monoisotopic (exact) mass is 376 g/mol. The SMILES string of the molecule is CCCCCCCCCC[C@@H]1C(=O)O[C@@H]1CCc1ccc(OC)c(OC)c1. The lowest BCUT2D eigenvalue weighted by molar-refractivity contribution is -0.185. The topological polar surface area (TPSA) is 44.8 Å². The lowest BCUT2D eigenvalue weighted by Gasteiger charge is -2.35. The molecule has 1 saturated heterocycles. The van der Waals surface area contributed by atoms with E-state index >= 15 is 0 Å². The highest BCUT2D eigenvalue weighted by Crippen LogP contribution is 2.33. The van der Waals surface area contributed by atoms with Gasteiger partial charge < -0.3 is 14.2 Å². The van der Waals surface area contributed by atoms with Crippen molar-refractivity contribution in [2.24, 2.45) is 5.92 Å². The third kappa shape index (κ3) is 6.75. The van der Waals surface area contributed by atoms with Crippen molar-refractivity contribution < 1.29 is 19.0 Å². The first-order chi connectivity index (χ1) is 13.2. The minimum absolute atomic E-state index is 0.00439. The molecule has 4 heteroatoms. The van der Waals surface area contributed by atoms with Gasteiger partial charge in [0.05, 0.1) is 20.1 Å². The Morgan fingerprint density at radius 3 is 2.19 bits per heavy atom. The molecule has 1 fully saturated rings. The fraction of sp³-hybridized carbons (Fsp3) is 0.696. The van der Waals surface area contributed by atoms with E-state index in [1.165, 1.54) is 50.5 Å². The summed E-state index contributed by atoms with van der Waals surface area (Å²) >= 11 is 0. The van der Waals surface area contributed by atoms with Crippen molar-refractivity contribution in [1.29, 1.82) is 0 Å². The second kappa shape index (κ2) is 11.9. The van der Waals surface area contributed by atoms with Crippen LogP contribution in [0, 0.1) is 5.92 Å². The van der Waals surface area contributed by atoms with Crippen LogP contribution in [0.15, 0.2) is 18.2 Å². The number of hydrogen-bond donors (Lipinski definition) is 0. The van der Waals surface area contributed by atoms with Gasteiger partial charge in [0, 0.05) is 0 Å². The molecule has 0 aliphatic carbocycles. The molecule has 0 N–H and O–H groups in total. The standard InChI is InChI=1S/C23H36O4/c1-4-5-6-7-8-9-10-11-12-19-20(27-23(19)24)15-13-18-14-16-21(25-2)22(17-18)26-3/h14,16-17,19-20H,4-13,15H2,1-3H3/t19-,20+/m0/s1. The Balaban J connectivity index is 1.66. The Morgan fingerprint density at radius 2 is 1.56 bits per heavy atom. The summed E-state index contributed by atoms with van der Waals surface area (Å²) < 4.78 is 16.0. The van der Waals surface area contributed by atoms with Crippen LogP contribution in [-0.4, -0.2) is 26.3 Å². The van der Waals surface area contributed by atoms with Crippen molar-refractivity contribution in [2.75, 3.05) is 14.2 Å². The van der Waals surface area contributed by atoms with Crippen molar-refractivity contribution in [3.05, 3.63) is 23.8 Å². The molecule has 152 valence electrons. The first kappa shape index (κ1) is 21.6. The zero-order chi connectivity index (χ0) is 19.5. The molecule has 0 unspecified atom stereocenters. The summed E-state index contributed by atoms with van der Waals surface area (Å²) in [5.74, 6) is 1.58. The van der Waals surface area contributed by atoms with E-state index in [1.807, 2.05) is 12.1 Å². The van der Waals surface area contributed by atoms with Gasteiger partial charge in [-0.15, -0.1) is 0 Å². The van der Waals surface area contributed by atoms with E-state index in [0.717, 1.165) is 37.2 Å². The molecule has 0 spiro atoms. The summed E-state index contributed by atoms with van der Waals surface area (Å²) in [7, 11) is 3.29. The van der Waals surface area contributed by atoms with Gasteiger partial charge in [0.15, 0.2) is 11.5 Å². The van der Waals surface area contributed by atoms with E-state index in [9.17, 15) is 4.79 Å². The van der Waals surface area contributed by atoms with Crippen molar-refractivity contribution in [1.82, 2.24) is 0 Å². The summed E-state index contributed by atoms with van der Waals surface area (Å²) in [6, 6.07) is 5.99. The lowest BCUT2D eigenvalue weighted by atomic mass is 9.87. The van der Waals surface area contributed by atoms with Crippen LogP contribution >= 0.6 is 0 Å². The fourth-order valence-corrected chi connectivity index (χ4v) is 3.81. The Bertz CT molecular complexity index is 569. The van der Waals surface area contributed by atoms with Crippen molar-refractivity contribution in [2.45, 2.75) is 83.7 Å². The molecule has 4 nitrogen and oxygen atoms in total. The van der Waals surface area contributed by atoms with Crippen LogP contribution < -0.4 is 9.47 Å². The quantitative estimate of drug-likeness (QED) is 0.308. The molecule has 0 saturated carbocycles. The molecule has 0 bridgehead atoms. The smallest absolute Gasteiger partial charge is 0.313 e. The van der Waals surface area contributed by atoms with Crippen LogP contribution in [0.5, 0.6) is 11.5 Å². The van der Waals surface area contributed by atoms with Gasteiger partial charge in [0.1, 0.15) is 6.10 Å². The number of ether oxygens (including phenoxy) is 3. The number of hydrogen-bond acceptors (Lipinski definition) is 4. The fourth-order valence-electron chi connectivity index (χ4n) is 3.81. The van der Waals surface area contributed by atoms with Gasteiger partial charge in [-0.1, -0.05) is 64.4 Å². The second-order valence-corrected chi connectivity index (χ2v) is 7.57. The van der Waals surface area contributed by atoms with Crippen LogP contribution in [0.25, 0.3) is 0 Å². The summed E-state index contributed by atoms with van der Waals surface area (Å²) in [4.78, 5) is 11.8. The van der Waals surface area contributed by atoms with Gasteiger partial charge in [-0.3, -0.25) is 4.79 Å². The number of benzene rings is 1. The van der Waals surface area contributed by atoms with E-state index in [-0.39, 0.29) is 18.0 Å². The number of carbonyl (C=O) groups excluding carboxylic acids is 1. The maximum atomic E-state index is 11.8. The number of rotatable bonds is 14. The van der Waals surface area contributed by atoms with Gasteiger partial charge in [-0.05, 0) is 37.0 Å². The van der Waals surface area contributed by atoms with E-state index in [4.69, 9.17) is 14.2 Å². The zero-order valence-corrected chi connectivity index (χ0v) is 17.3. The minimum Gasteiger partial charge on any atom is -0.493 e. The van der Waals surface area contributed by atoms with Crippen LogP contribution in [0.3, 0.4) is 0 Å². The summed E-state index contributed by atoms with van der Waals surface area (Å²) in [6.07, 6.45) is 13.2. The molecule has 0 amide bonds. The van der Waals surface area contributed by atoms with Gasteiger partial charge in [0.25, 0.3) is 0 Å². The van der Waals surface area contributed by atoms with E-state index in [1.54, 1.807) is 14.2 Å². The minimum atomic E-state index is -0.00439. The molecule has 1 heterocycles.